The van der Waals surface area contributed by atoms with Crippen molar-refractivity contribution in [1.82, 2.24) is 0 Å². The van der Waals surface area contributed by atoms with E-state index in [1.54, 1.807) is 30.3 Å². The van der Waals surface area contributed by atoms with Crippen molar-refractivity contribution in [2.24, 2.45) is 0 Å². The first-order chi connectivity index (χ1) is 17.2. The van der Waals surface area contributed by atoms with Crippen LogP contribution in [0, 0.1) is 10.1 Å². The number of carbonyl (C=O) groups is 1. The fraction of sp³-hybridized carbons (Fsp3) is 0.160. The van der Waals surface area contributed by atoms with Gasteiger partial charge in [0.05, 0.1) is 31.9 Å². The van der Waals surface area contributed by atoms with Crippen LogP contribution in [-0.4, -0.2) is 40.6 Å². The van der Waals surface area contributed by atoms with E-state index in [1.165, 1.54) is 63.8 Å². The summed E-state index contributed by atoms with van der Waals surface area (Å²) in [5.74, 6) is 0.0460. The second kappa shape index (κ2) is 9.70. The number of nitro benzene ring substituents is 1. The van der Waals surface area contributed by atoms with E-state index in [9.17, 15) is 23.3 Å². The van der Waals surface area contributed by atoms with E-state index in [4.69, 9.17) is 14.2 Å². The number of non-ortho nitro benzene ring substituents is 1. The lowest BCUT2D eigenvalue weighted by atomic mass is 10.1. The van der Waals surface area contributed by atoms with Gasteiger partial charge in [0.2, 0.25) is 15.6 Å². The molecule has 3 aromatic rings. The first-order valence-corrected chi connectivity index (χ1v) is 12.2. The second-order valence-electron chi connectivity index (χ2n) is 7.73. The van der Waals surface area contributed by atoms with E-state index in [0.717, 1.165) is 4.90 Å². The van der Waals surface area contributed by atoms with Gasteiger partial charge >= 0.3 is 0 Å². The summed E-state index contributed by atoms with van der Waals surface area (Å²) in [4.78, 5) is 25.0. The Labute approximate surface area is 207 Å². The van der Waals surface area contributed by atoms with Gasteiger partial charge in [-0.2, -0.15) is 0 Å². The first-order valence-electron chi connectivity index (χ1n) is 10.6. The Morgan fingerprint density at radius 1 is 0.917 bits per heavy atom. The van der Waals surface area contributed by atoms with E-state index in [2.05, 4.69) is 0 Å². The molecule has 0 radical (unpaired) electrons. The zero-order valence-electron chi connectivity index (χ0n) is 19.6. The van der Waals surface area contributed by atoms with Crippen molar-refractivity contribution in [2.45, 2.75) is 5.37 Å². The fourth-order valence-corrected chi connectivity index (χ4v) is 5.93. The molecule has 10 nitrogen and oxygen atoms in total. The van der Waals surface area contributed by atoms with Crippen LogP contribution in [0.5, 0.6) is 17.2 Å². The van der Waals surface area contributed by atoms with Crippen LogP contribution >= 0.6 is 0 Å². The van der Waals surface area contributed by atoms with Gasteiger partial charge in [-0.25, -0.2) is 8.42 Å². The van der Waals surface area contributed by atoms with Crippen LogP contribution in [0.3, 0.4) is 0 Å². The minimum Gasteiger partial charge on any atom is -0.493 e. The lowest BCUT2D eigenvalue weighted by molar-refractivity contribution is -0.384. The van der Waals surface area contributed by atoms with Crippen LogP contribution < -0.4 is 19.1 Å². The van der Waals surface area contributed by atoms with Gasteiger partial charge in [0, 0.05) is 12.1 Å². The highest BCUT2D eigenvalue weighted by Gasteiger charge is 2.50. The molecule has 11 heteroatoms. The maximum Gasteiger partial charge on any atom is 0.271 e. The number of nitrogens with zero attached hydrogens (tertiary/aromatic N) is 2. The maximum atomic E-state index is 13.8. The molecule has 186 valence electrons. The lowest BCUT2D eigenvalue weighted by Crippen LogP contribution is -2.29. The third kappa shape index (κ3) is 4.24. The molecule has 1 heterocycles. The van der Waals surface area contributed by atoms with Gasteiger partial charge in [-0.1, -0.05) is 36.4 Å². The Hall–Kier alpha value is -4.38. The minimum absolute atomic E-state index is 0.0833. The molecule has 36 heavy (non-hydrogen) atoms. The highest BCUT2D eigenvalue weighted by Crippen LogP contribution is 2.45. The molecule has 1 aliphatic rings. The average molecular weight is 511 g/mol. The van der Waals surface area contributed by atoms with Gasteiger partial charge in [0.15, 0.2) is 16.9 Å². The Morgan fingerprint density at radius 3 is 2.11 bits per heavy atom. The molecule has 0 N–H and O–H groups in total. The molecule has 0 aromatic heterocycles. The quantitative estimate of drug-likeness (QED) is 0.264. The highest BCUT2D eigenvalue weighted by atomic mass is 32.2. The lowest BCUT2D eigenvalue weighted by Gasteiger charge is -2.23. The standard InChI is InChI=1S/C25H22N2O8S/c1-33-20-12-16(13-21(34-2)23(20)35-3)14-22-24(28)26(18-10-7-11-19(15-18)27(29)30)25(36(22,31)32)17-8-5-4-6-9-17/h4-15,25H,1-3H3/b22-14-. The number of benzene rings is 3. The summed E-state index contributed by atoms with van der Waals surface area (Å²) in [6.07, 6.45) is 1.23. The SMILES string of the molecule is COc1cc(/C=C2/C(=O)N(c3cccc([N+](=O)[O-])c3)C(c3ccccc3)S2(=O)=O)cc(OC)c1OC. The number of carbonyl (C=O) groups excluding carboxylic acids is 1. The van der Waals surface area contributed by atoms with Crippen LogP contribution in [0.15, 0.2) is 71.6 Å². The Balaban J connectivity index is 1.93. The maximum absolute atomic E-state index is 13.8. The van der Waals surface area contributed by atoms with E-state index in [1.807, 2.05) is 0 Å². The van der Waals surface area contributed by atoms with Crippen molar-refractivity contribution in [3.63, 3.8) is 0 Å². The number of hydrogen-bond donors (Lipinski definition) is 0. The smallest absolute Gasteiger partial charge is 0.271 e. The summed E-state index contributed by atoms with van der Waals surface area (Å²) < 4.78 is 43.6. The normalized spacial score (nSPS) is 17.8. The van der Waals surface area contributed by atoms with Crippen LogP contribution in [0.2, 0.25) is 0 Å². The van der Waals surface area contributed by atoms with Gasteiger partial charge in [0.1, 0.15) is 4.91 Å². The number of anilines is 1. The number of ether oxygens (including phenoxy) is 3. The largest absolute Gasteiger partial charge is 0.493 e. The van der Waals surface area contributed by atoms with Crippen LogP contribution in [-0.2, 0) is 14.6 Å². The van der Waals surface area contributed by atoms with Crippen molar-refractivity contribution < 1.29 is 32.3 Å². The van der Waals surface area contributed by atoms with Crippen LogP contribution in [0.1, 0.15) is 16.5 Å². The number of sulfone groups is 1. The third-order valence-electron chi connectivity index (χ3n) is 5.65. The molecule has 0 spiro atoms. The van der Waals surface area contributed by atoms with Crippen molar-refractivity contribution >= 4 is 33.2 Å². The van der Waals surface area contributed by atoms with Crippen molar-refractivity contribution in [2.75, 3.05) is 26.2 Å². The zero-order chi connectivity index (χ0) is 26.0. The van der Waals surface area contributed by atoms with Crippen LogP contribution in [0.25, 0.3) is 6.08 Å². The number of methoxy groups -OCH3 is 3. The average Bonchev–Trinajstić information content (AvgIpc) is 3.08. The zero-order valence-corrected chi connectivity index (χ0v) is 20.4. The number of amides is 1. The molecule has 3 aromatic carbocycles. The summed E-state index contributed by atoms with van der Waals surface area (Å²) in [6, 6.07) is 16.5. The summed E-state index contributed by atoms with van der Waals surface area (Å²) in [5, 5.41) is 9.93. The van der Waals surface area contributed by atoms with Crippen molar-refractivity contribution in [3.8, 4) is 17.2 Å². The molecular formula is C25H22N2O8S. The van der Waals surface area contributed by atoms with Gasteiger partial charge in [-0.15, -0.1) is 0 Å². The number of rotatable bonds is 7. The molecule has 1 saturated heterocycles. The molecule has 4 rings (SSSR count). The molecule has 1 atom stereocenters. The molecule has 1 unspecified atom stereocenters. The monoisotopic (exact) mass is 510 g/mol. The van der Waals surface area contributed by atoms with Crippen molar-refractivity contribution in [1.29, 1.82) is 0 Å². The number of nitro groups is 1. The third-order valence-corrected chi connectivity index (χ3v) is 7.63. The van der Waals surface area contributed by atoms with Gasteiger partial charge < -0.3 is 14.2 Å². The molecule has 0 saturated carbocycles. The van der Waals surface area contributed by atoms with Crippen molar-refractivity contribution in [3.05, 3.63) is 92.9 Å². The Bertz CT molecular complexity index is 1440. The van der Waals surface area contributed by atoms with Gasteiger partial charge in [-0.3, -0.25) is 19.8 Å². The van der Waals surface area contributed by atoms with Gasteiger partial charge in [-0.05, 0) is 35.4 Å². The first kappa shape index (κ1) is 24.7. The van der Waals surface area contributed by atoms with E-state index >= 15 is 0 Å². The van der Waals surface area contributed by atoms with E-state index in [0.29, 0.717) is 16.9 Å². The predicted octanol–water partition coefficient (Wildman–Crippen LogP) is 4.12. The summed E-state index contributed by atoms with van der Waals surface area (Å²) >= 11 is 0. The molecule has 1 aliphatic heterocycles. The van der Waals surface area contributed by atoms with E-state index < -0.39 is 30.9 Å². The van der Waals surface area contributed by atoms with Gasteiger partial charge in [0.25, 0.3) is 11.6 Å². The molecule has 0 aliphatic carbocycles. The number of hydrogen-bond acceptors (Lipinski definition) is 8. The topological polar surface area (TPSA) is 125 Å². The summed E-state index contributed by atoms with van der Waals surface area (Å²) in [7, 11) is 0.0122. The summed E-state index contributed by atoms with van der Waals surface area (Å²) in [5.41, 5.74) is 0.473. The van der Waals surface area contributed by atoms with E-state index in [-0.39, 0.29) is 22.9 Å². The molecule has 0 bridgehead atoms. The highest BCUT2D eigenvalue weighted by molar-refractivity contribution is 7.97. The molecule has 1 fully saturated rings. The molecule has 1 amide bonds. The summed E-state index contributed by atoms with van der Waals surface area (Å²) in [6.45, 7) is 0. The second-order valence-corrected chi connectivity index (χ2v) is 9.70. The Morgan fingerprint density at radius 2 is 1.56 bits per heavy atom. The molecular weight excluding hydrogens is 488 g/mol. The fourth-order valence-electron chi connectivity index (χ4n) is 4.04. The Kier molecular flexibility index (Phi) is 6.67. The minimum atomic E-state index is -4.26. The van der Waals surface area contributed by atoms with Crippen LogP contribution in [0.4, 0.5) is 11.4 Å². The predicted molar refractivity (Wildman–Crippen MR) is 133 cm³/mol.